The fourth-order valence-electron chi connectivity index (χ4n) is 2.38. The second-order valence-corrected chi connectivity index (χ2v) is 6.66. The van der Waals surface area contributed by atoms with Crippen molar-refractivity contribution in [1.29, 1.82) is 0 Å². The fourth-order valence-corrected chi connectivity index (χ4v) is 2.91. The van der Waals surface area contributed by atoms with E-state index in [4.69, 9.17) is 9.47 Å². The molecule has 0 aliphatic carbocycles. The first-order chi connectivity index (χ1) is 12.7. The summed E-state index contributed by atoms with van der Waals surface area (Å²) in [5, 5.41) is 0. The Morgan fingerprint density at radius 1 is 0.885 bits per heavy atom. The van der Waals surface area contributed by atoms with Gasteiger partial charge in [-0.25, -0.2) is 9.59 Å². The highest BCUT2D eigenvalue weighted by Crippen LogP contribution is 2.27. The SMILES string of the molecule is CCCCCCOC(=O)c1ccc(C(=O)Oc2ccccc2SC)cc1. The molecule has 0 aliphatic heterocycles. The van der Waals surface area contributed by atoms with Crippen molar-refractivity contribution in [2.24, 2.45) is 0 Å². The lowest BCUT2D eigenvalue weighted by Gasteiger charge is -2.08. The van der Waals surface area contributed by atoms with Crippen molar-refractivity contribution in [3.63, 3.8) is 0 Å². The van der Waals surface area contributed by atoms with Gasteiger partial charge < -0.3 is 9.47 Å². The monoisotopic (exact) mass is 372 g/mol. The van der Waals surface area contributed by atoms with Gasteiger partial charge in [-0.15, -0.1) is 11.8 Å². The van der Waals surface area contributed by atoms with Crippen LogP contribution < -0.4 is 4.74 Å². The highest BCUT2D eigenvalue weighted by Gasteiger charge is 2.13. The summed E-state index contributed by atoms with van der Waals surface area (Å²) < 4.78 is 10.7. The third-order valence-corrected chi connectivity index (χ3v) is 4.64. The number of rotatable bonds is 9. The number of benzene rings is 2. The molecule has 0 saturated carbocycles. The number of carbonyl (C=O) groups is 2. The number of unbranched alkanes of at least 4 members (excludes halogenated alkanes) is 3. The number of hydrogen-bond acceptors (Lipinski definition) is 5. The van der Waals surface area contributed by atoms with Crippen LogP contribution in [0.5, 0.6) is 5.75 Å². The van der Waals surface area contributed by atoms with Crippen LogP contribution in [0.1, 0.15) is 53.3 Å². The second kappa shape index (κ2) is 10.7. The first-order valence-electron chi connectivity index (χ1n) is 8.78. The van der Waals surface area contributed by atoms with E-state index < -0.39 is 5.97 Å². The molecule has 0 unspecified atom stereocenters. The summed E-state index contributed by atoms with van der Waals surface area (Å²) in [6.45, 7) is 2.56. The molecule has 5 heteroatoms. The van der Waals surface area contributed by atoms with Crippen LogP contribution in [0.4, 0.5) is 0 Å². The van der Waals surface area contributed by atoms with E-state index in [1.165, 1.54) is 11.8 Å². The fraction of sp³-hybridized carbons (Fsp3) is 0.333. The minimum absolute atomic E-state index is 0.367. The van der Waals surface area contributed by atoms with Crippen LogP contribution in [0, 0.1) is 0 Å². The van der Waals surface area contributed by atoms with Crippen molar-refractivity contribution in [3.8, 4) is 5.75 Å². The molecular formula is C21H24O4S. The van der Waals surface area contributed by atoms with Crippen molar-refractivity contribution in [2.75, 3.05) is 12.9 Å². The molecule has 0 bridgehead atoms. The molecule has 0 saturated heterocycles. The van der Waals surface area contributed by atoms with Crippen LogP contribution in [0.15, 0.2) is 53.4 Å². The van der Waals surface area contributed by atoms with Crippen molar-refractivity contribution < 1.29 is 19.1 Å². The van der Waals surface area contributed by atoms with E-state index in [-0.39, 0.29) is 5.97 Å². The summed E-state index contributed by atoms with van der Waals surface area (Å²) in [7, 11) is 0. The van der Waals surface area contributed by atoms with Crippen LogP contribution in [0.25, 0.3) is 0 Å². The molecule has 4 nitrogen and oxygen atoms in total. The van der Waals surface area contributed by atoms with Crippen molar-refractivity contribution >= 4 is 23.7 Å². The molecule has 0 N–H and O–H groups in total. The smallest absolute Gasteiger partial charge is 0.343 e. The zero-order chi connectivity index (χ0) is 18.8. The summed E-state index contributed by atoms with van der Waals surface area (Å²) >= 11 is 1.51. The Labute approximate surface area is 158 Å². The molecule has 0 amide bonds. The maximum Gasteiger partial charge on any atom is 0.343 e. The van der Waals surface area contributed by atoms with E-state index in [2.05, 4.69) is 6.92 Å². The summed E-state index contributed by atoms with van der Waals surface area (Å²) in [6, 6.07) is 13.7. The molecule has 0 aliphatic rings. The van der Waals surface area contributed by atoms with Gasteiger partial charge in [0.1, 0.15) is 5.75 Å². The minimum Gasteiger partial charge on any atom is -0.462 e. The molecule has 138 valence electrons. The number of carbonyl (C=O) groups excluding carboxylic acids is 2. The zero-order valence-electron chi connectivity index (χ0n) is 15.2. The van der Waals surface area contributed by atoms with E-state index in [0.29, 0.717) is 23.5 Å². The summed E-state index contributed by atoms with van der Waals surface area (Å²) in [4.78, 5) is 25.2. The van der Waals surface area contributed by atoms with Gasteiger partial charge in [-0.2, -0.15) is 0 Å². The molecule has 0 aromatic heterocycles. The predicted octanol–water partition coefficient (Wildman–Crippen LogP) is 5.36. The predicted molar refractivity (Wildman–Crippen MR) is 104 cm³/mol. The van der Waals surface area contributed by atoms with Crippen LogP contribution in [0.2, 0.25) is 0 Å². The van der Waals surface area contributed by atoms with E-state index in [1.807, 2.05) is 24.5 Å². The van der Waals surface area contributed by atoms with Gasteiger partial charge in [0.05, 0.1) is 17.7 Å². The molecular weight excluding hydrogens is 348 g/mol. The van der Waals surface area contributed by atoms with Gasteiger partial charge >= 0.3 is 11.9 Å². The average Bonchev–Trinajstić information content (AvgIpc) is 2.68. The summed E-state index contributed by atoms with van der Waals surface area (Å²) in [5.41, 5.74) is 0.821. The Kier molecular flexibility index (Phi) is 8.22. The number of esters is 2. The van der Waals surface area contributed by atoms with E-state index in [0.717, 1.165) is 30.6 Å². The molecule has 2 rings (SSSR count). The third-order valence-electron chi connectivity index (χ3n) is 3.86. The Balaban J connectivity index is 1.91. The Morgan fingerprint density at radius 2 is 1.54 bits per heavy atom. The maximum absolute atomic E-state index is 12.3. The second-order valence-electron chi connectivity index (χ2n) is 5.81. The van der Waals surface area contributed by atoms with Gasteiger partial charge in [-0.05, 0) is 49.1 Å². The van der Waals surface area contributed by atoms with E-state index >= 15 is 0 Å². The standard InChI is InChI=1S/C21H24O4S/c1-3-4-5-8-15-24-20(22)16-11-13-17(14-12-16)21(23)25-18-9-6-7-10-19(18)26-2/h6-7,9-14H,3-5,8,15H2,1-2H3. The number of ether oxygens (including phenoxy) is 2. The Morgan fingerprint density at radius 3 is 2.19 bits per heavy atom. The quantitative estimate of drug-likeness (QED) is 0.256. The normalized spacial score (nSPS) is 10.4. The molecule has 0 heterocycles. The Hall–Kier alpha value is -2.27. The van der Waals surface area contributed by atoms with Crippen LogP contribution in [-0.2, 0) is 4.74 Å². The average molecular weight is 372 g/mol. The van der Waals surface area contributed by atoms with Gasteiger partial charge in [0.15, 0.2) is 0 Å². The lowest BCUT2D eigenvalue weighted by Crippen LogP contribution is -2.10. The highest BCUT2D eigenvalue weighted by atomic mass is 32.2. The van der Waals surface area contributed by atoms with Crippen LogP contribution in [-0.4, -0.2) is 24.8 Å². The zero-order valence-corrected chi connectivity index (χ0v) is 16.0. The van der Waals surface area contributed by atoms with Crippen LogP contribution >= 0.6 is 11.8 Å². The molecule has 0 fully saturated rings. The minimum atomic E-state index is -0.453. The molecule has 0 spiro atoms. The lowest BCUT2D eigenvalue weighted by atomic mass is 10.1. The summed E-state index contributed by atoms with van der Waals surface area (Å²) in [6.07, 6.45) is 6.15. The molecule has 0 radical (unpaired) electrons. The van der Waals surface area contributed by atoms with Crippen molar-refractivity contribution in [1.82, 2.24) is 0 Å². The maximum atomic E-state index is 12.3. The molecule has 2 aromatic carbocycles. The topological polar surface area (TPSA) is 52.6 Å². The van der Waals surface area contributed by atoms with Gasteiger partial charge in [0, 0.05) is 4.90 Å². The highest BCUT2D eigenvalue weighted by molar-refractivity contribution is 7.98. The van der Waals surface area contributed by atoms with Gasteiger partial charge in [0.25, 0.3) is 0 Å². The summed E-state index contributed by atoms with van der Waals surface area (Å²) in [5.74, 6) is -0.291. The van der Waals surface area contributed by atoms with Gasteiger partial charge in [-0.3, -0.25) is 0 Å². The van der Waals surface area contributed by atoms with Gasteiger partial charge in [-0.1, -0.05) is 38.3 Å². The molecule has 2 aromatic rings. The van der Waals surface area contributed by atoms with Gasteiger partial charge in [0.2, 0.25) is 0 Å². The molecule has 0 atom stereocenters. The Bertz CT molecular complexity index is 725. The van der Waals surface area contributed by atoms with Crippen LogP contribution in [0.3, 0.4) is 0 Å². The largest absolute Gasteiger partial charge is 0.462 e. The number of para-hydroxylation sites is 1. The van der Waals surface area contributed by atoms with E-state index in [9.17, 15) is 9.59 Å². The number of thioether (sulfide) groups is 1. The van der Waals surface area contributed by atoms with Crippen molar-refractivity contribution in [2.45, 2.75) is 37.5 Å². The number of hydrogen-bond donors (Lipinski definition) is 0. The van der Waals surface area contributed by atoms with E-state index in [1.54, 1.807) is 30.3 Å². The molecule has 26 heavy (non-hydrogen) atoms. The first kappa shape index (κ1) is 20.0. The first-order valence-corrected chi connectivity index (χ1v) is 10.0. The third kappa shape index (κ3) is 5.92. The van der Waals surface area contributed by atoms with Crippen molar-refractivity contribution in [3.05, 3.63) is 59.7 Å². The lowest BCUT2D eigenvalue weighted by molar-refractivity contribution is 0.0497.